The monoisotopic (exact) mass is 215 g/mol. The standard InChI is InChI=1S/C8H14BNO5/c1-3-6(12)7(15-9)5(8(13)14-3)10-4(2)11/h3,5-8,12-13H,1-2H3,(H,10,11). The van der Waals surface area contributed by atoms with E-state index in [2.05, 4.69) is 9.97 Å². The summed E-state index contributed by atoms with van der Waals surface area (Å²) in [7, 11) is 5.01. The molecule has 0 aliphatic carbocycles. The highest BCUT2D eigenvalue weighted by Gasteiger charge is 2.43. The summed E-state index contributed by atoms with van der Waals surface area (Å²) in [6.45, 7) is 2.86. The van der Waals surface area contributed by atoms with E-state index in [1.807, 2.05) is 0 Å². The molecule has 0 aromatic carbocycles. The summed E-state index contributed by atoms with van der Waals surface area (Å²) in [5.74, 6) is -0.369. The zero-order chi connectivity index (χ0) is 11.6. The van der Waals surface area contributed by atoms with Crippen LogP contribution < -0.4 is 5.32 Å². The Bertz CT molecular complexity index is 239. The summed E-state index contributed by atoms with van der Waals surface area (Å²) >= 11 is 0. The highest BCUT2D eigenvalue weighted by Crippen LogP contribution is 2.21. The third-order valence-corrected chi connectivity index (χ3v) is 2.36. The Morgan fingerprint density at radius 1 is 1.53 bits per heavy atom. The van der Waals surface area contributed by atoms with Gasteiger partial charge in [-0.15, -0.1) is 0 Å². The SMILES string of the molecule is [B]OC1C(O)C(C)OC(O)C1NC(C)=O. The second-order valence-corrected chi connectivity index (χ2v) is 3.55. The predicted molar refractivity (Wildman–Crippen MR) is 50.8 cm³/mol. The molecule has 1 amide bonds. The van der Waals surface area contributed by atoms with Crippen molar-refractivity contribution in [2.45, 2.75) is 44.5 Å². The maximum Gasteiger partial charge on any atom is 0.283 e. The van der Waals surface area contributed by atoms with Crippen molar-refractivity contribution in [3.63, 3.8) is 0 Å². The van der Waals surface area contributed by atoms with Crippen LogP contribution in [0.25, 0.3) is 0 Å². The van der Waals surface area contributed by atoms with Gasteiger partial charge in [0.25, 0.3) is 8.05 Å². The molecule has 2 radical (unpaired) electrons. The molecule has 0 spiro atoms. The molecule has 15 heavy (non-hydrogen) atoms. The van der Waals surface area contributed by atoms with Crippen LogP contribution in [0.5, 0.6) is 0 Å². The van der Waals surface area contributed by atoms with E-state index in [1.165, 1.54) is 6.92 Å². The molecule has 6 nitrogen and oxygen atoms in total. The van der Waals surface area contributed by atoms with Gasteiger partial charge in [-0.2, -0.15) is 0 Å². The average molecular weight is 215 g/mol. The zero-order valence-electron chi connectivity index (χ0n) is 8.58. The van der Waals surface area contributed by atoms with Crippen LogP contribution in [0.1, 0.15) is 13.8 Å². The fourth-order valence-corrected chi connectivity index (χ4v) is 1.58. The molecule has 1 fully saturated rings. The first-order valence-corrected chi connectivity index (χ1v) is 4.61. The van der Waals surface area contributed by atoms with Gasteiger partial charge in [0, 0.05) is 6.92 Å². The van der Waals surface area contributed by atoms with Gasteiger partial charge in [-0.25, -0.2) is 0 Å². The number of nitrogens with one attached hydrogen (secondary N) is 1. The highest BCUT2D eigenvalue weighted by molar-refractivity contribution is 5.98. The van der Waals surface area contributed by atoms with Crippen LogP contribution in [0.2, 0.25) is 0 Å². The molecule has 0 aromatic heterocycles. The summed E-state index contributed by atoms with van der Waals surface area (Å²) in [4.78, 5) is 10.9. The number of hydrogen-bond acceptors (Lipinski definition) is 5. The molecule has 84 valence electrons. The lowest BCUT2D eigenvalue weighted by atomic mass is 9.97. The van der Waals surface area contributed by atoms with Gasteiger partial charge < -0.3 is 24.9 Å². The van der Waals surface area contributed by atoms with E-state index in [0.717, 1.165) is 0 Å². The molecular formula is C8H14BNO5. The number of hydrogen-bond donors (Lipinski definition) is 3. The van der Waals surface area contributed by atoms with Gasteiger partial charge in [-0.3, -0.25) is 4.79 Å². The molecule has 0 aromatic rings. The number of aliphatic hydroxyl groups excluding tert-OH is 2. The first-order valence-electron chi connectivity index (χ1n) is 4.61. The summed E-state index contributed by atoms with van der Waals surface area (Å²) in [6, 6.07) is -0.876. The predicted octanol–water partition coefficient (Wildman–Crippen LogP) is -1.94. The normalized spacial score (nSPS) is 41.2. The Kier molecular flexibility index (Phi) is 4.09. The molecule has 1 aliphatic rings. The van der Waals surface area contributed by atoms with Gasteiger partial charge in [0.05, 0.1) is 12.2 Å². The largest absolute Gasteiger partial charge is 0.440 e. The van der Waals surface area contributed by atoms with E-state index in [0.29, 0.717) is 0 Å². The number of rotatable bonds is 2. The van der Waals surface area contributed by atoms with Gasteiger partial charge in [-0.1, -0.05) is 0 Å². The third kappa shape index (κ3) is 2.69. The van der Waals surface area contributed by atoms with Crippen LogP contribution in [-0.2, 0) is 14.2 Å². The molecule has 3 N–H and O–H groups in total. The maximum atomic E-state index is 10.9. The Morgan fingerprint density at radius 2 is 2.13 bits per heavy atom. The van der Waals surface area contributed by atoms with Gasteiger partial charge in [0.1, 0.15) is 12.1 Å². The van der Waals surface area contributed by atoms with Crippen molar-refractivity contribution in [3.8, 4) is 0 Å². The summed E-state index contributed by atoms with van der Waals surface area (Å²) < 4.78 is 9.55. The molecule has 5 atom stereocenters. The fourth-order valence-electron chi connectivity index (χ4n) is 1.58. The van der Waals surface area contributed by atoms with Crippen molar-refractivity contribution in [1.82, 2.24) is 5.32 Å². The minimum Gasteiger partial charge on any atom is -0.440 e. The van der Waals surface area contributed by atoms with Crippen LogP contribution in [0.4, 0.5) is 0 Å². The van der Waals surface area contributed by atoms with Gasteiger partial charge in [0.15, 0.2) is 6.29 Å². The summed E-state index contributed by atoms with van der Waals surface area (Å²) in [6.07, 6.45) is -3.76. The quantitative estimate of drug-likeness (QED) is 0.466. The van der Waals surface area contributed by atoms with Crippen LogP contribution in [0.3, 0.4) is 0 Å². The van der Waals surface area contributed by atoms with Gasteiger partial charge >= 0.3 is 0 Å². The molecule has 1 rings (SSSR count). The molecule has 7 heteroatoms. The van der Waals surface area contributed by atoms with E-state index in [-0.39, 0.29) is 5.91 Å². The second kappa shape index (κ2) is 4.93. The topological polar surface area (TPSA) is 88.0 Å². The lowest BCUT2D eigenvalue weighted by molar-refractivity contribution is -0.237. The molecular weight excluding hydrogens is 201 g/mol. The Hall–Kier alpha value is -0.625. The Balaban J connectivity index is 2.76. The van der Waals surface area contributed by atoms with Crippen molar-refractivity contribution >= 4 is 14.0 Å². The molecule has 0 saturated carbocycles. The molecule has 1 heterocycles. The summed E-state index contributed by atoms with van der Waals surface area (Å²) in [5.41, 5.74) is 0. The minimum atomic E-state index is -1.25. The Morgan fingerprint density at radius 3 is 2.60 bits per heavy atom. The molecule has 1 saturated heterocycles. The van der Waals surface area contributed by atoms with Crippen molar-refractivity contribution < 1.29 is 24.4 Å². The first-order chi connectivity index (χ1) is 6.97. The summed E-state index contributed by atoms with van der Waals surface area (Å²) in [5, 5.41) is 21.6. The number of amides is 1. The van der Waals surface area contributed by atoms with Crippen LogP contribution in [0, 0.1) is 0 Å². The van der Waals surface area contributed by atoms with Gasteiger partial charge in [0.2, 0.25) is 5.91 Å². The molecule has 0 bridgehead atoms. The zero-order valence-corrected chi connectivity index (χ0v) is 8.58. The average Bonchev–Trinajstić information content (AvgIpc) is 2.14. The van der Waals surface area contributed by atoms with E-state index in [1.54, 1.807) is 6.92 Å². The van der Waals surface area contributed by atoms with Crippen molar-refractivity contribution in [2.75, 3.05) is 0 Å². The molecule has 5 unspecified atom stereocenters. The lowest BCUT2D eigenvalue weighted by Crippen LogP contribution is -2.63. The van der Waals surface area contributed by atoms with Crippen molar-refractivity contribution in [1.29, 1.82) is 0 Å². The van der Waals surface area contributed by atoms with Crippen LogP contribution in [-0.4, -0.2) is 54.8 Å². The van der Waals surface area contributed by atoms with E-state index >= 15 is 0 Å². The van der Waals surface area contributed by atoms with Gasteiger partial charge in [-0.05, 0) is 6.92 Å². The highest BCUT2D eigenvalue weighted by atomic mass is 16.6. The number of carbonyl (C=O) groups excluding carboxylic acids is 1. The number of carbonyl (C=O) groups is 1. The van der Waals surface area contributed by atoms with E-state index in [9.17, 15) is 15.0 Å². The maximum absolute atomic E-state index is 10.9. The first kappa shape index (κ1) is 12.4. The number of aliphatic hydroxyl groups is 2. The Labute approximate surface area is 89.0 Å². The van der Waals surface area contributed by atoms with Crippen molar-refractivity contribution in [3.05, 3.63) is 0 Å². The lowest BCUT2D eigenvalue weighted by Gasteiger charge is -2.41. The van der Waals surface area contributed by atoms with E-state index in [4.69, 9.17) is 12.8 Å². The third-order valence-electron chi connectivity index (χ3n) is 2.36. The number of ether oxygens (including phenoxy) is 1. The minimum absolute atomic E-state index is 0.369. The van der Waals surface area contributed by atoms with Crippen LogP contribution >= 0.6 is 0 Å². The second-order valence-electron chi connectivity index (χ2n) is 3.55. The fraction of sp³-hybridized carbons (Fsp3) is 0.875. The molecule has 1 aliphatic heterocycles. The van der Waals surface area contributed by atoms with Crippen LogP contribution in [0.15, 0.2) is 0 Å². The van der Waals surface area contributed by atoms with Crippen molar-refractivity contribution in [2.24, 2.45) is 0 Å². The van der Waals surface area contributed by atoms with E-state index < -0.39 is 30.6 Å². The smallest absolute Gasteiger partial charge is 0.283 e.